The van der Waals surface area contributed by atoms with Crippen molar-refractivity contribution in [3.05, 3.63) is 69.2 Å². The molecule has 0 aliphatic carbocycles. The van der Waals surface area contributed by atoms with Crippen molar-refractivity contribution in [3.8, 4) is 11.8 Å². The van der Waals surface area contributed by atoms with E-state index in [-0.39, 0.29) is 17.5 Å². The van der Waals surface area contributed by atoms with Crippen LogP contribution in [0.1, 0.15) is 49.7 Å². The van der Waals surface area contributed by atoms with Gasteiger partial charge in [0.1, 0.15) is 11.4 Å². The van der Waals surface area contributed by atoms with Crippen molar-refractivity contribution in [2.75, 3.05) is 19.5 Å². The minimum atomic E-state index is -0.365. The first-order chi connectivity index (χ1) is 14.3. The van der Waals surface area contributed by atoms with Crippen LogP contribution < -0.4 is 14.8 Å². The van der Waals surface area contributed by atoms with Gasteiger partial charge in [-0.3, -0.25) is 4.79 Å². The molecule has 158 valence electrons. The highest BCUT2D eigenvalue weighted by atomic mass is 16.5. The van der Waals surface area contributed by atoms with Crippen molar-refractivity contribution < 1.29 is 18.7 Å². The number of anilines is 1. The molecule has 3 rings (SSSR count). The van der Waals surface area contributed by atoms with E-state index >= 15 is 0 Å². The number of nitrogens with zero attached hydrogens (tertiary/aromatic N) is 1. The fourth-order valence-electron chi connectivity index (χ4n) is 3.58. The molecular weight excluding hydrogens is 380 g/mol. The largest absolute Gasteiger partial charge is 0.481 e. The predicted octanol–water partition coefficient (Wildman–Crippen LogP) is 5.08. The van der Waals surface area contributed by atoms with Gasteiger partial charge in [-0.2, -0.15) is 4.98 Å². The minimum Gasteiger partial charge on any atom is -0.481 e. The van der Waals surface area contributed by atoms with Gasteiger partial charge >= 0.3 is 0 Å². The smallest absolute Gasteiger partial charge is 0.291 e. The van der Waals surface area contributed by atoms with E-state index in [2.05, 4.69) is 44.9 Å². The molecule has 2 heterocycles. The number of benzene rings is 1. The van der Waals surface area contributed by atoms with E-state index < -0.39 is 0 Å². The zero-order chi connectivity index (χ0) is 22.0. The number of furan rings is 1. The number of hydrogen-bond donors (Lipinski definition) is 1. The van der Waals surface area contributed by atoms with Crippen LogP contribution in [0.3, 0.4) is 0 Å². The van der Waals surface area contributed by atoms with Crippen LogP contribution >= 0.6 is 0 Å². The second-order valence-electron chi connectivity index (χ2n) is 7.41. The van der Waals surface area contributed by atoms with Crippen LogP contribution in [0.15, 0.2) is 28.7 Å². The molecule has 1 amide bonds. The van der Waals surface area contributed by atoms with Crippen molar-refractivity contribution in [1.29, 1.82) is 0 Å². The number of methoxy groups -OCH3 is 2. The lowest BCUT2D eigenvalue weighted by Gasteiger charge is -2.18. The van der Waals surface area contributed by atoms with Crippen LogP contribution in [0.4, 0.5) is 5.69 Å². The van der Waals surface area contributed by atoms with Crippen molar-refractivity contribution >= 4 is 11.6 Å². The molecule has 0 bridgehead atoms. The highest BCUT2D eigenvalue weighted by Crippen LogP contribution is 2.29. The number of pyridine rings is 1. The molecule has 0 radical (unpaired) electrons. The summed E-state index contributed by atoms with van der Waals surface area (Å²) in [6.45, 7) is 10.7. The average molecular weight is 408 g/mol. The lowest BCUT2D eigenvalue weighted by molar-refractivity contribution is 0.0994. The Bertz CT molecular complexity index is 1070. The van der Waals surface area contributed by atoms with Crippen molar-refractivity contribution in [2.24, 2.45) is 0 Å². The third-order valence-corrected chi connectivity index (χ3v) is 5.88. The Morgan fingerprint density at radius 1 is 0.900 bits per heavy atom. The third kappa shape index (κ3) is 4.03. The van der Waals surface area contributed by atoms with Crippen LogP contribution in [-0.2, 0) is 6.42 Å². The lowest BCUT2D eigenvalue weighted by Crippen LogP contribution is -2.12. The van der Waals surface area contributed by atoms with Gasteiger partial charge in [0.25, 0.3) is 5.91 Å². The summed E-state index contributed by atoms with van der Waals surface area (Å²) in [4.78, 5) is 16.8. The third-order valence-electron chi connectivity index (χ3n) is 5.88. The van der Waals surface area contributed by atoms with Gasteiger partial charge < -0.3 is 19.2 Å². The zero-order valence-corrected chi connectivity index (χ0v) is 18.6. The molecule has 0 spiro atoms. The van der Waals surface area contributed by atoms with E-state index in [4.69, 9.17) is 13.9 Å². The number of ether oxygens (including phenoxy) is 2. The summed E-state index contributed by atoms with van der Waals surface area (Å²) in [5.74, 6) is 1.29. The van der Waals surface area contributed by atoms with E-state index in [1.54, 1.807) is 18.2 Å². The Hall–Kier alpha value is -3.28. The molecule has 0 unspecified atom stereocenters. The van der Waals surface area contributed by atoms with E-state index in [0.29, 0.717) is 18.0 Å². The van der Waals surface area contributed by atoms with Crippen LogP contribution in [0.5, 0.6) is 11.8 Å². The van der Waals surface area contributed by atoms with Gasteiger partial charge in [0.2, 0.25) is 11.8 Å². The number of carbonyl (C=O) groups excluding carboxylic acids is 1. The summed E-state index contributed by atoms with van der Waals surface area (Å²) in [7, 11) is 3.00. The molecule has 2 aromatic heterocycles. The van der Waals surface area contributed by atoms with E-state index in [9.17, 15) is 4.79 Å². The van der Waals surface area contributed by atoms with Crippen LogP contribution in [0, 0.1) is 34.6 Å². The summed E-state index contributed by atoms with van der Waals surface area (Å²) in [5.41, 5.74) is 8.17. The molecule has 30 heavy (non-hydrogen) atoms. The van der Waals surface area contributed by atoms with E-state index in [1.165, 1.54) is 47.6 Å². The maximum Gasteiger partial charge on any atom is 0.291 e. The molecule has 0 aliphatic heterocycles. The molecular formula is C24H28N2O4. The maximum absolute atomic E-state index is 12.7. The van der Waals surface area contributed by atoms with Gasteiger partial charge in [0.15, 0.2) is 5.76 Å². The Labute approximate surface area is 177 Å². The molecule has 1 N–H and O–H groups in total. The summed E-state index contributed by atoms with van der Waals surface area (Å²) in [6, 6.07) is 6.87. The second-order valence-corrected chi connectivity index (χ2v) is 7.41. The monoisotopic (exact) mass is 408 g/mol. The minimum absolute atomic E-state index is 0.235. The molecule has 0 fully saturated rings. The summed E-state index contributed by atoms with van der Waals surface area (Å²) in [6.07, 6.45) is 0.639. The number of rotatable bonds is 6. The Morgan fingerprint density at radius 2 is 1.53 bits per heavy atom. The SMILES string of the molecule is COc1ccc(NC(=O)c2ccc(Cc3c(C)c(C)c(C)c(C)c3C)o2)c(OC)n1. The molecule has 6 nitrogen and oxygen atoms in total. The van der Waals surface area contributed by atoms with Gasteiger partial charge in [-0.05, 0) is 86.2 Å². The molecule has 0 atom stereocenters. The van der Waals surface area contributed by atoms with E-state index in [1.807, 2.05) is 6.07 Å². The predicted molar refractivity (Wildman–Crippen MR) is 117 cm³/mol. The highest BCUT2D eigenvalue weighted by Gasteiger charge is 2.18. The van der Waals surface area contributed by atoms with Gasteiger partial charge in [-0.15, -0.1) is 0 Å². The number of hydrogen-bond acceptors (Lipinski definition) is 5. The molecule has 3 aromatic rings. The topological polar surface area (TPSA) is 73.6 Å². The van der Waals surface area contributed by atoms with Gasteiger partial charge in [0.05, 0.1) is 14.2 Å². The lowest BCUT2D eigenvalue weighted by atomic mass is 9.88. The Morgan fingerprint density at radius 3 is 2.13 bits per heavy atom. The molecule has 6 heteroatoms. The summed E-state index contributed by atoms with van der Waals surface area (Å²) in [5, 5.41) is 2.78. The molecule has 0 saturated carbocycles. The first-order valence-corrected chi connectivity index (χ1v) is 9.81. The quantitative estimate of drug-likeness (QED) is 0.616. The average Bonchev–Trinajstić information content (AvgIpc) is 3.23. The van der Waals surface area contributed by atoms with Crippen molar-refractivity contribution in [3.63, 3.8) is 0 Å². The number of nitrogens with one attached hydrogen (secondary N) is 1. The molecule has 0 aliphatic rings. The van der Waals surface area contributed by atoms with Crippen LogP contribution in [-0.4, -0.2) is 25.1 Å². The fraction of sp³-hybridized carbons (Fsp3) is 0.333. The number of carbonyl (C=O) groups is 1. The Kier molecular flexibility index (Phi) is 6.15. The molecule has 0 saturated heterocycles. The Balaban J connectivity index is 1.82. The van der Waals surface area contributed by atoms with Gasteiger partial charge in [-0.25, -0.2) is 0 Å². The van der Waals surface area contributed by atoms with E-state index in [0.717, 1.165) is 5.76 Å². The number of amides is 1. The van der Waals surface area contributed by atoms with Crippen molar-refractivity contribution in [2.45, 2.75) is 41.0 Å². The summed E-state index contributed by atoms with van der Waals surface area (Å²) >= 11 is 0. The fourth-order valence-corrected chi connectivity index (χ4v) is 3.58. The van der Waals surface area contributed by atoms with Gasteiger partial charge in [-0.1, -0.05) is 0 Å². The highest BCUT2D eigenvalue weighted by molar-refractivity contribution is 6.03. The van der Waals surface area contributed by atoms with Gasteiger partial charge in [0, 0.05) is 12.5 Å². The first kappa shape index (κ1) is 21.4. The molecule has 1 aromatic carbocycles. The zero-order valence-electron chi connectivity index (χ0n) is 18.6. The summed E-state index contributed by atoms with van der Waals surface area (Å²) < 4.78 is 16.2. The number of aromatic nitrogens is 1. The maximum atomic E-state index is 12.7. The van der Waals surface area contributed by atoms with Crippen LogP contribution in [0.2, 0.25) is 0 Å². The normalized spacial score (nSPS) is 10.8. The van der Waals surface area contributed by atoms with Crippen LogP contribution in [0.25, 0.3) is 0 Å². The van der Waals surface area contributed by atoms with Crippen molar-refractivity contribution in [1.82, 2.24) is 4.98 Å². The first-order valence-electron chi connectivity index (χ1n) is 9.81. The standard InChI is InChI=1S/C24H28N2O4/c1-13-14(2)16(4)19(17(5)15(13)3)12-18-8-10-21(30-18)23(27)25-20-9-11-22(28-6)26-24(20)29-7/h8-11H,12H2,1-7H3,(H,25,27). The second kappa shape index (κ2) is 8.61.